The molecule has 0 N–H and O–H groups in total. The molecule has 0 amide bonds. The molecule has 1 unspecified atom stereocenters. The molecule has 1 aliphatic rings. The largest absolute Gasteiger partial charge is 0.295 e. The van der Waals surface area contributed by atoms with Crippen LogP contribution in [0.25, 0.3) is 0 Å². The Hall–Kier alpha value is -0.920. The molecule has 13 heavy (non-hydrogen) atoms. The van der Waals surface area contributed by atoms with Gasteiger partial charge < -0.3 is 0 Å². The van der Waals surface area contributed by atoms with Crippen LogP contribution in [0.4, 0.5) is 0 Å². The first-order valence-electron chi connectivity index (χ1n) is 4.64. The lowest BCUT2D eigenvalue weighted by Crippen LogP contribution is -2.31. The molecule has 0 saturated carbocycles. The maximum absolute atomic E-state index is 11.4. The topological polar surface area (TPSA) is 34.1 Å². The Morgan fingerprint density at radius 2 is 2.00 bits per heavy atom. The summed E-state index contributed by atoms with van der Waals surface area (Å²) in [7, 11) is 0. The quantitative estimate of drug-likeness (QED) is 0.371. The average molecular weight is 180 g/mol. The van der Waals surface area contributed by atoms with E-state index in [0.29, 0.717) is 6.29 Å². The molecule has 72 valence electrons. The van der Waals surface area contributed by atoms with Crippen molar-refractivity contribution in [2.75, 3.05) is 0 Å². The summed E-state index contributed by atoms with van der Waals surface area (Å²) in [6.45, 7) is 6.03. The number of hydrogen-bond acceptors (Lipinski definition) is 2. The van der Waals surface area contributed by atoms with Gasteiger partial charge in [0.15, 0.2) is 6.29 Å². The molecule has 0 heterocycles. The van der Waals surface area contributed by atoms with Crippen LogP contribution < -0.4 is 0 Å². The van der Waals surface area contributed by atoms with Gasteiger partial charge in [0.2, 0.25) is 5.78 Å². The number of carbonyl (C=O) groups excluding carboxylic acids is 2. The molecule has 0 bridgehead atoms. The molecule has 0 aliphatic heterocycles. The van der Waals surface area contributed by atoms with Crippen molar-refractivity contribution in [1.82, 2.24) is 0 Å². The summed E-state index contributed by atoms with van der Waals surface area (Å²) in [5, 5.41) is 0. The molecule has 0 fully saturated rings. The lowest BCUT2D eigenvalue weighted by Gasteiger charge is -2.31. The number of rotatable bonds is 2. The van der Waals surface area contributed by atoms with Crippen LogP contribution >= 0.6 is 0 Å². The summed E-state index contributed by atoms with van der Waals surface area (Å²) in [4.78, 5) is 21.8. The second kappa shape index (κ2) is 3.44. The van der Waals surface area contributed by atoms with Crippen molar-refractivity contribution >= 4 is 12.1 Å². The second-order valence-electron chi connectivity index (χ2n) is 4.28. The maximum atomic E-state index is 11.4. The van der Waals surface area contributed by atoms with Gasteiger partial charge in [-0.05, 0) is 33.1 Å². The minimum absolute atomic E-state index is 0.251. The molecular weight excluding hydrogens is 164 g/mol. The Bertz CT molecular complexity index is 276. The maximum Gasteiger partial charge on any atom is 0.201 e. The van der Waals surface area contributed by atoms with Crippen LogP contribution in [-0.4, -0.2) is 12.1 Å². The van der Waals surface area contributed by atoms with Gasteiger partial charge in [-0.15, -0.1) is 0 Å². The van der Waals surface area contributed by atoms with Crippen LogP contribution in [0.15, 0.2) is 11.1 Å². The first-order valence-corrected chi connectivity index (χ1v) is 4.64. The van der Waals surface area contributed by atoms with Crippen LogP contribution in [-0.2, 0) is 9.59 Å². The Labute approximate surface area is 79.0 Å². The standard InChI is InChI=1S/C11H16O2/c1-8-4-5-11(3,6-9(8)2)10(13)7-12/h7H,4-6H2,1-3H3. The fraction of sp³-hybridized carbons (Fsp3) is 0.636. The third-order valence-corrected chi connectivity index (χ3v) is 3.14. The van der Waals surface area contributed by atoms with Crippen molar-refractivity contribution < 1.29 is 9.59 Å². The molecule has 0 radical (unpaired) electrons. The van der Waals surface area contributed by atoms with Gasteiger partial charge in [0.25, 0.3) is 0 Å². The van der Waals surface area contributed by atoms with E-state index in [0.717, 1.165) is 19.3 Å². The first-order chi connectivity index (χ1) is 5.99. The highest BCUT2D eigenvalue weighted by Gasteiger charge is 2.35. The Morgan fingerprint density at radius 3 is 2.46 bits per heavy atom. The molecule has 1 aliphatic carbocycles. The van der Waals surface area contributed by atoms with Crippen molar-refractivity contribution in [2.45, 2.75) is 40.0 Å². The molecule has 1 atom stereocenters. The van der Waals surface area contributed by atoms with Crippen molar-refractivity contribution in [1.29, 1.82) is 0 Å². The zero-order valence-corrected chi connectivity index (χ0v) is 8.52. The number of aldehydes is 1. The van der Waals surface area contributed by atoms with Crippen molar-refractivity contribution in [3.63, 3.8) is 0 Å². The molecule has 0 saturated heterocycles. The summed E-state index contributed by atoms with van der Waals surface area (Å²) in [6, 6.07) is 0. The van der Waals surface area contributed by atoms with Crippen molar-refractivity contribution in [3.05, 3.63) is 11.1 Å². The van der Waals surface area contributed by atoms with Gasteiger partial charge in [-0.1, -0.05) is 18.1 Å². The van der Waals surface area contributed by atoms with E-state index in [9.17, 15) is 9.59 Å². The molecule has 0 aromatic rings. The van der Waals surface area contributed by atoms with Gasteiger partial charge in [-0.25, -0.2) is 0 Å². The van der Waals surface area contributed by atoms with E-state index >= 15 is 0 Å². The van der Waals surface area contributed by atoms with Gasteiger partial charge in [-0.2, -0.15) is 0 Å². The summed E-state index contributed by atoms with van der Waals surface area (Å²) in [6.07, 6.45) is 2.97. The number of hydrogen-bond donors (Lipinski definition) is 0. The lowest BCUT2D eigenvalue weighted by molar-refractivity contribution is -0.136. The predicted molar refractivity (Wildman–Crippen MR) is 51.4 cm³/mol. The van der Waals surface area contributed by atoms with E-state index in [-0.39, 0.29) is 5.78 Å². The van der Waals surface area contributed by atoms with Crippen LogP contribution in [0.1, 0.15) is 40.0 Å². The molecule has 2 nitrogen and oxygen atoms in total. The number of allylic oxidation sites excluding steroid dienone is 2. The monoisotopic (exact) mass is 180 g/mol. The molecule has 1 rings (SSSR count). The van der Waals surface area contributed by atoms with E-state index in [1.54, 1.807) is 0 Å². The summed E-state index contributed by atoms with van der Waals surface area (Å²) < 4.78 is 0. The summed E-state index contributed by atoms with van der Waals surface area (Å²) in [5.74, 6) is -0.251. The average Bonchev–Trinajstić information content (AvgIpc) is 2.11. The SMILES string of the molecule is CC1=C(C)CC(C)(C(=O)C=O)CC1. The number of carbonyl (C=O) groups is 2. The molecule has 0 aromatic heterocycles. The normalized spacial score (nSPS) is 28.8. The minimum Gasteiger partial charge on any atom is -0.295 e. The van der Waals surface area contributed by atoms with Crippen molar-refractivity contribution in [3.8, 4) is 0 Å². The van der Waals surface area contributed by atoms with Crippen LogP contribution in [0.5, 0.6) is 0 Å². The van der Waals surface area contributed by atoms with E-state index < -0.39 is 5.41 Å². The summed E-state index contributed by atoms with van der Waals surface area (Å²) in [5.41, 5.74) is 2.21. The van der Waals surface area contributed by atoms with Crippen molar-refractivity contribution in [2.24, 2.45) is 5.41 Å². The van der Waals surface area contributed by atoms with E-state index in [1.807, 2.05) is 13.8 Å². The van der Waals surface area contributed by atoms with Gasteiger partial charge in [0, 0.05) is 5.41 Å². The molecule has 0 aromatic carbocycles. The smallest absolute Gasteiger partial charge is 0.201 e. The zero-order chi connectivity index (χ0) is 10.1. The number of Topliss-reactive ketones (excluding diaryl/α,β-unsaturated/α-hetero) is 1. The first kappa shape index (κ1) is 10.2. The fourth-order valence-electron chi connectivity index (χ4n) is 1.85. The highest BCUT2D eigenvalue weighted by molar-refractivity contribution is 6.27. The van der Waals surface area contributed by atoms with Gasteiger partial charge in [0.1, 0.15) is 0 Å². The zero-order valence-electron chi connectivity index (χ0n) is 8.52. The third-order valence-electron chi connectivity index (χ3n) is 3.14. The third kappa shape index (κ3) is 1.87. The molecular formula is C11H16O2. The van der Waals surface area contributed by atoms with Gasteiger partial charge in [-0.3, -0.25) is 9.59 Å². The highest BCUT2D eigenvalue weighted by Crippen LogP contribution is 2.38. The molecule has 0 spiro atoms. The van der Waals surface area contributed by atoms with Crippen LogP contribution in [0, 0.1) is 5.41 Å². The van der Waals surface area contributed by atoms with E-state index in [4.69, 9.17) is 0 Å². The van der Waals surface area contributed by atoms with E-state index in [2.05, 4.69) is 6.92 Å². The van der Waals surface area contributed by atoms with Gasteiger partial charge in [0.05, 0.1) is 0 Å². The molecule has 2 heteroatoms. The Morgan fingerprint density at radius 1 is 1.38 bits per heavy atom. The minimum atomic E-state index is -0.425. The van der Waals surface area contributed by atoms with Crippen LogP contribution in [0.3, 0.4) is 0 Å². The Balaban J connectivity index is 2.87. The van der Waals surface area contributed by atoms with Crippen LogP contribution in [0.2, 0.25) is 0 Å². The van der Waals surface area contributed by atoms with Gasteiger partial charge >= 0.3 is 0 Å². The Kier molecular flexibility index (Phi) is 2.69. The second-order valence-corrected chi connectivity index (χ2v) is 4.28. The van der Waals surface area contributed by atoms with E-state index in [1.165, 1.54) is 11.1 Å². The summed E-state index contributed by atoms with van der Waals surface area (Å²) >= 11 is 0. The fourth-order valence-corrected chi connectivity index (χ4v) is 1.85. The highest BCUT2D eigenvalue weighted by atomic mass is 16.2. The number of ketones is 1. The predicted octanol–water partition coefficient (Wildman–Crippen LogP) is 2.28. The lowest BCUT2D eigenvalue weighted by atomic mass is 9.71.